The molecule has 2 N–H and O–H groups in total. The molecule has 0 spiro atoms. The SMILES string of the molecule is CC(C)c1cc(F)cc(-c2ccnc(C#N)c2)c1NC(=O)NS(=O)(=O)C1CN(Cc2cccnc2)C1I. The fraction of sp³-hybridized carbons (Fsp3) is 0.280. The third-order valence-electron chi connectivity index (χ3n) is 5.99. The standard InChI is InChI=1S/C25H24FIN6O3S/c1-15(2)20-9-18(26)10-21(17-5-7-30-19(8-17)11-28)23(20)31-25(34)32-37(35,36)22-14-33(24(22)27)13-16-4-3-6-29-12-16/h3-10,12,15,22,24H,13-14H2,1-2H3,(H2,31,32,34). The molecule has 4 rings (SSSR count). The number of anilines is 1. The lowest BCUT2D eigenvalue weighted by atomic mass is 9.94. The molecule has 1 aliphatic rings. The maximum absolute atomic E-state index is 14.5. The van der Waals surface area contributed by atoms with Gasteiger partial charge in [0.15, 0.2) is 0 Å². The average Bonchev–Trinajstić information content (AvgIpc) is 2.86. The maximum atomic E-state index is 14.5. The third kappa shape index (κ3) is 6.06. The van der Waals surface area contributed by atoms with Crippen LogP contribution in [0.3, 0.4) is 0 Å². The van der Waals surface area contributed by atoms with Gasteiger partial charge in [-0.1, -0.05) is 42.5 Å². The molecule has 1 aromatic carbocycles. The van der Waals surface area contributed by atoms with Gasteiger partial charge in [-0.3, -0.25) is 9.88 Å². The van der Waals surface area contributed by atoms with Crippen LogP contribution in [0.5, 0.6) is 0 Å². The molecule has 9 nitrogen and oxygen atoms in total. The average molecular weight is 634 g/mol. The molecule has 12 heteroatoms. The molecule has 2 amide bonds. The number of halogens is 2. The highest BCUT2D eigenvalue weighted by atomic mass is 127. The lowest BCUT2D eigenvalue weighted by Gasteiger charge is -2.43. The largest absolute Gasteiger partial charge is 0.332 e. The van der Waals surface area contributed by atoms with Gasteiger partial charge in [-0.15, -0.1) is 0 Å². The molecule has 0 bridgehead atoms. The second-order valence-electron chi connectivity index (χ2n) is 8.92. The molecule has 3 heterocycles. The summed E-state index contributed by atoms with van der Waals surface area (Å²) in [4.78, 5) is 22.9. The fourth-order valence-corrected chi connectivity index (χ4v) is 7.22. The third-order valence-corrected chi connectivity index (χ3v) is 9.81. The van der Waals surface area contributed by atoms with E-state index in [9.17, 15) is 22.9 Å². The predicted molar refractivity (Wildman–Crippen MR) is 146 cm³/mol. The Morgan fingerprint density at radius 3 is 2.73 bits per heavy atom. The number of pyridine rings is 2. The van der Waals surface area contributed by atoms with Crippen molar-refractivity contribution in [2.75, 3.05) is 11.9 Å². The number of benzene rings is 1. The van der Waals surface area contributed by atoms with E-state index in [-0.39, 0.29) is 27.9 Å². The van der Waals surface area contributed by atoms with Crippen molar-refractivity contribution in [1.82, 2.24) is 19.6 Å². The lowest BCUT2D eigenvalue weighted by molar-refractivity contribution is 0.160. The number of alkyl halides is 1. The van der Waals surface area contributed by atoms with Gasteiger partial charge in [0.25, 0.3) is 0 Å². The molecule has 0 aliphatic carbocycles. The van der Waals surface area contributed by atoms with E-state index >= 15 is 0 Å². The molecule has 37 heavy (non-hydrogen) atoms. The second-order valence-corrected chi connectivity index (χ2v) is 12.1. The van der Waals surface area contributed by atoms with Crippen molar-refractivity contribution >= 4 is 44.3 Å². The fourth-order valence-electron chi connectivity index (χ4n) is 4.09. The van der Waals surface area contributed by atoms with Crippen molar-refractivity contribution < 1.29 is 17.6 Å². The number of carbonyl (C=O) groups excluding carboxylic acids is 1. The number of hydrogen-bond donors (Lipinski definition) is 2. The van der Waals surface area contributed by atoms with E-state index in [1.807, 2.05) is 36.9 Å². The van der Waals surface area contributed by atoms with E-state index in [2.05, 4.69) is 42.6 Å². The van der Waals surface area contributed by atoms with Crippen LogP contribution >= 0.6 is 22.6 Å². The first-order valence-corrected chi connectivity index (χ1v) is 14.2. The number of nitrogens with one attached hydrogen (secondary N) is 2. The van der Waals surface area contributed by atoms with Crippen LogP contribution in [0.1, 0.15) is 36.6 Å². The smallest absolute Gasteiger partial charge is 0.306 e. The van der Waals surface area contributed by atoms with E-state index in [0.717, 1.165) is 5.56 Å². The van der Waals surface area contributed by atoms with Crippen LogP contribution in [0.15, 0.2) is 55.0 Å². The van der Waals surface area contributed by atoms with Crippen LogP contribution in [0, 0.1) is 17.1 Å². The molecule has 2 unspecified atom stereocenters. The minimum absolute atomic E-state index is 0.125. The van der Waals surface area contributed by atoms with Gasteiger partial charge >= 0.3 is 6.03 Å². The Morgan fingerprint density at radius 1 is 1.30 bits per heavy atom. The number of likely N-dealkylation sites (tertiary alicyclic amines) is 1. The number of sulfonamides is 1. The van der Waals surface area contributed by atoms with Gasteiger partial charge in [-0.2, -0.15) is 5.26 Å². The Labute approximate surface area is 228 Å². The zero-order valence-corrected chi connectivity index (χ0v) is 23.0. The molecule has 192 valence electrons. The van der Waals surface area contributed by atoms with Gasteiger partial charge in [0.05, 0.1) is 9.74 Å². The molecule has 0 saturated carbocycles. The van der Waals surface area contributed by atoms with Gasteiger partial charge in [0, 0.05) is 37.2 Å². The second kappa shape index (κ2) is 11.1. The van der Waals surface area contributed by atoms with Crippen molar-refractivity contribution in [1.29, 1.82) is 5.26 Å². The van der Waals surface area contributed by atoms with Crippen molar-refractivity contribution in [3.63, 3.8) is 0 Å². The zero-order valence-electron chi connectivity index (χ0n) is 20.0. The van der Waals surface area contributed by atoms with Crippen LogP contribution in [0.2, 0.25) is 0 Å². The summed E-state index contributed by atoms with van der Waals surface area (Å²) in [5.74, 6) is -0.714. The summed E-state index contributed by atoms with van der Waals surface area (Å²) in [6, 6.07) is 10.3. The highest BCUT2D eigenvalue weighted by Gasteiger charge is 2.46. The summed E-state index contributed by atoms with van der Waals surface area (Å²) in [6.45, 7) is 4.47. The highest BCUT2D eigenvalue weighted by Crippen LogP contribution is 2.36. The number of hydrogen-bond acceptors (Lipinski definition) is 7. The number of nitrogens with zero attached hydrogens (tertiary/aromatic N) is 4. The van der Waals surface area contributed by atoms with Gasteiger partial charge in [0.1, 0.15) is 22.8 Å². The Balaban J connectivity index is 1.54. The summed E-state index contributed by atoms with van der Waals surface area (Å²) in [7, 11) is -4.00. The lowest BCUT2D eigenvalue weighted by Crippen LogP contribution is -2.62. The van der Waals surface area contributed by atoms with Gasteiger partial charge in [0.2, 0.25) is 10.0 Å². The van der Waals surface area contributed by atoms with E-state index < -0.39 is 27.1 Å². The van der Waals surface area contributed by atoms with Crippen molar-refractivity contribution in [2.24, 2.45) is 0 Å². The predicted octanol–water partition coefficient (Wildman–Crippen LogP) is 4.37. The van der Waals surface area contributed by atoms with Crippen LogP contribution in [-0.4, -0.2) is 45.2 Å². The Morgan fingerprint density at radius 2 is 2.08 bits per heavy atom. The summed E-state index contributed by atoms with van der Waals surface area (Å²) >= 11 is 2.06. The Kier molecular flexibility index (Phi) is 8.05. The Bertz CT molecular complexity index is 1460. The van der Waals surface area contributed by atoms with Gasteiger partial charge < -0.3 is 5.32 Å². The quantitative estimate of drug-likeness (QED) is 0.225. The molecule has 1 saturated heterocycles. The van der Waals surface area contributed by atoms with Crippen LogP contribution in [0.25, 0.3) is 11.1 Å². The van der Waals surface area contributed by atoms with Crippen molar-refractivity contribution in [3.05, 3.63) is 77.6 Å². The first-order valence-electron chi connectivity index (χ1n) is 11.4. The number of nitriles is 1. The minimum Gasteiger partial charge on any atom is -0.306 e. The normalized spacial score (nSPS) is 17.6. The first kappa shape index (κ1) is 26.9. The molecule has 1 fully saturated rings. The van der Waals surface area contributed by atoms with Crippen LogP contribution in [0.4, 0.5) is 14.9 Å². The summed E-state index contributed by atoms with van der Waals surface area (Å²) in [5.41, 5.74) is 2.61. The summed E-state index contributed by atoms with van der Waals surface area (Å²) < 4.78 is 42.3. The Hall–Kier alpha value is -3.15. The number of aromatic nitrogens is 2. The van der Waals surface area contributed by atoms with Gasteiger partial charge in [-0.05, 0) is 52.9 Å². The molecule has 2 atom stereocenters. The summed E-state index contributed by atoms with van der Waals surface area (Å²) in [6.07, 6.45) is 4.81. The van der Waals surface area contributed by atoms with E-state index in [1.165, 1.54) is 24.4 Å². The zero-order chi connectivity index (χ0) is 26.7. The molecular formula is C25H24FIN6O3S. The van der Waals surface area contributed by atoms with E-state index in [0.29, 0.717) is 23.2 Å². The maximum Gasteiger partial charge on any atom is 0.332 e. The number of amides is 2. The van der Waals surface area contributed by atoms with Crippen molar-refractivity contribution in [2.45, 2.75) is 35.6 Å². The number of carbonyl (C=O) groups is 1. The van der Waals surface area contributed by atoms with E-state index in [4.69, 9.17) is 0 Å². The first-order chi connectivity index (χ1) is 17.6. The molecule has 2 aromatic heterocycles. The van der Waals surface area contributed by atoms with Gasteiger partial charge in [-0.25, -0.2) is 27.3 Å². The molecular weight excluding hydrogens is 610 g/mol. The number of urea groups is 1. The monoisotopic (exact) mass is 634 g/mol. The molecule has 3 aromatic rings. The van der Waals surface area contributed by atoms with Crippen LogP contribution < -0.4 is 10.0 Å². The number of rotatable bonds is 7. The van der Waals surface area contributed by atoms with Crippen molar-refractivity contribution in [3.8, 4) is 17.2 Å². The summed E-state index contributed by atoms with van der Waals surface area (Å²) in [5, 5.41) is 11.1. The highest BCUT2D eigenvalue weighted by molar-refractivity contribution is 14.1. The molecule has 1 aliphatic heterocycles. The van der Waals surface area contributed by atoms with E-state index in [1.54, 1.807) is 18.5 Å². The topological polar surface area (TPSA) is 128 Å². The van der Waals surface area contributed by atoms with Crippen LogP contribution in [-0.2, 0) is 16.6 Å². The minimum atomic E-state index is -4.00. The molecule has 0 radical (unpaired) electrons.